The molecule has 0 saturated heterocycles. The maximum Gasteiger partial charge on any atom is 0.293 e. The van der Waals surface area contributed by atoms with E-state index >= 15 is 0 Å². The number of hydrogen-bond acceptors (Lipinski definition) is 3. The van der Waals surface area contributed by atoms with Gasteiger partial charge in [0, 0.05) is 11.6 Å². The van der Waals surface area contributed by atoms with Gasteiger partial charge in [-0.25, -0.2) is 13.5 Å². The minimum atomic E-state index is -0.880. The maximum atomic E-state index is 13.9. The Labute approximate surface area is 161 Å². The van der Waals surface area contributed by atoms with Crippen LogP contribution in [0.3, 0.4) is 0 Å². The Morgan fingerprint density at radius 1 is 1.07 bits per heavy atom. The number of aromatic nitrogens is 2. The summed E-state index contributed by atoms with van der Waals surface area (Å²) in [5, 5.41) is 6.83. The van der Waals surface area contributed by atoms with Crippen molar-refractivity contribution >= 4 is 11.7 Å². The highest BCUT2D eigenvalue weighted by molar-refractivity contribution is 6.43. The summed E-state index contributed by atoms with van der Waals surface area (Å²) in [6, 6.07) is 11.5. The van der Waals surface area contributed by atoms with E-state index in [2.05, 4.69) is 10.4 Å². The molecule has 0 radical (unpaired) electrons. The first-order valence-electron chi connectivity index (χ1n) is 8.71. The molecule has 28 heavy (non-hydrogen) atoms. The summed E-state index contributed by atoms with van der Waals surface area (Å²) in [5.74, 6) is -3.14. The molecular formula is C21H19F2N3O2. The first kappa shape index (κ1) is 19.4. The summed E-state index contributed by atoms with van der Waals surface area (Å²) >= 11 is 0. The minimum absolute atomic E-state index is 0.0935. The van der Waals surface area contributed by atoms with Gasteiger partial charge in [-0.2, -0.15) is 5.10 Å². The number of hydrogen-bond donors (Lipinski definition) is 1. The van der Waals surface area contributed by atoms with Crippen LogP contribution in [0.2, 0.25) is 0 Å². The Balaban J connectivity index is 1.84. The van der Waals surface area contributed by atoms with Gasteiger partial charge in [-0.1, -0.05) is 24.3 Å². The second-order valence-electron chi connectivity index (χ2n) is 6.48. The first-order valence-corrected chi connectivity index (χ1v) is 8.71. The molecule has 5 nitrogen and oxygen atoms in total. The van der Waals surface area contributed by atoms with E-state index in [1.54, 1.807) is 18.5 Å². The van der Waals surface area contributed by atoms with Crippen LogP contribution in [0.15, 0.2) is 48.5 Å². The summed E-state index contributed by atoms with van der Waals surface area (Å²) < 4.78 is 28.6. The molecule has 144 valence electrons. The third-order valence-corrected chi connectivity index (χ3v) is 4.50. The highest BCUT2D eigenvalue weighted by Crippen LogP contribution is 2.20. The number of halogens is 2. The zero-order valence-electron chi connectivity index (χ0n) is 15.7. The van der Waals surface area contributed by atoms with Gasteiger partial charge in [-0.05, 0) is 39.0 Å². The molecule has 2 aromatic carbocycles. The molecule has 3 aromatic rings. The number of carbonyl (C=O) groups excluding carboxylic acids is 2. The standard InChI is InChI=1S/C21H19F2N3O2/c1-12(17-10-9-15(22)11-18(17)23)24-21(28)20(27)19-13(2)25-26(14(19)3)16-7-5-4-6-8-16/h4-12H,1-3H3,(H,24,28)/t12-/m0/s1. The average molecular weight is 383 g/mol. The number of nitrogens with one attached hydrogen (secondary N) is 1. The van der Waals surface area contributed by atoms with Crippen LogP contribution in [0.25, 0.3) is 5.69 Å². The third-order valence-electron chi connectivity index (χ3n) is 4.50. The molecule has 0 unspecified atom stereocenters. The molecule has 3 rings (SSSR count). The number of nitrogens with zero attached hydrogens (tertiary/aromatic N) is 2. The van der Waals surface area contributed by atoms with Crippen LogP contribution in [0, 0.1) is 25.5 Å². The quantitative estimate of drug-likeness (QED) is 0.538. The van der Waals surface area contributed by atoms with E-state index in [9.17, 15) is 18.4 Å². The predicted molar refractivity (Wildman–Crippen MR) is 100 cm³/mol. The Bertz CT molecular complexity index is 1050. The monoisotopic (exact) mass is 383 g/mol. The lowest BCUT2D eigenvalue weighted by atomic mass is 10.1. The Hall–Kier alpha value is -3.35. The molecule has 0 fully saturated rings. The molecule has 1 N–H and O–H groups in total. The number of amides is 1. The second-order valence-corrected chi connectivity index (χ2v) is 6.48. The van der Waals surface area contributed by atoms with Gasteiger partial charge in [-0.15, -0.1) is 0 Å². The number of aryl methyl sites for hydroxylation is 1. The van der Waals surface area contributed by atoms with Crippen molar-refractivity contribution in [3.05, 3.63) is 82.7 Å². The summed E-state index contributed by atoms with van der Waals surface area (Å²) in [7, 11) is 0. The van der Waals surface area contributed by atoms with Crippen LogP contribution in [0.4, 0.5) is 8.78 Å². The molecule has 1 atom stereocenters. The van der Waals surface area contributed by atoms with Gasteiger partial charge in [0.15, 0.2) is 0 Å². The molecule has 7 heteroatoms. The summed E-state index contributed by atoms with van der Waals surface area (Å²) in [5.41, 5.74) is 2.01. The highest BCUT2D eigenvalue weighted by Gasteiger charge is 2.26. The van der Waals surface area contributed by atoms with Crippen molar-refractivity contribution in [1.29, 1.82) is 0 Å². The van der Waals surface area contributed by atoms with Crippen LogP contribution >= 0.6 is 0 Å². The number of para-hydroxylation sites is 1. The average Bonchev–Trinajstić information content (AvgIpc) is 2.95. The Kier molecular flexibility index (Phi) is 5.35. The van der Waals surface area contributed by atoms with Gasteiger partial charge in [0.05, 0.1) is 28.7 Å². The van der Waals surface area contributed by atoms with Crippen LogP contribution < -0.4 is 5.32 Å². The zero-order chi connectivity index (χ0) is 20.4. The van der Waals surface area contributed by atoms with Crippen molar-refractivity contribution in [2.75, 3.05) is 0 Å². The van der Waals surface area contributed by atoms with Gasteiger partial charge in [-0.3, -0.25) is 9.59 Å². The number of rotatable bonds is 5. The molecule has 0 aliphatic rings. The highest BCUT2D eigenvalue weighted by atomic mass is 19.1. The van der Waals surface area contributed by atoms with E-state index in [4.69, 9.17) is 0 Å². The Morgan fingerprint density at radius 2 is 1.75 bits per heavy atom. The molecule has 0 spiro atoms. The smallest absolute Gasteiger partial charge is 0.293 e. The third kappa shape index (κ3) is 3.69. The molecule has 0 bridgehead atoms. The van der Waals surface area contributed by atoms with Crippen molar-refractivity contribution < 1.29 is 18.4 Å². The van der Waals surface area contributed by atoms with Gasteiger partial charge < -0.3 is 5.32 Å². The fourth-order valence-electron chi connectivity index (χ4n) is 3.10. The Morgan fingerprint density at radius 3 is 2.39 bits per heavy atom. The van der Waals surface area contributed by atoms with E-state index in [-0.39, 0.29) is 11.1 Å². The SMILES string of the molecule is Cc1nn(-c2ccccc2)c(C)c1C(=O)C(=O)N[C@@H](C)c1ccc(F)cc1F. The number of benzene rings is 2. The molecule has 1 heterocycles. The maximum absolute atomic E-state index is 13.9. The summed E-state index contributed by atoms with van der Waals surface area (Å²) in [6.07, 6.45) is 0. The van der Waals surface area contributed by atoms with Crippen molar-refractivity contribution in [1.82, 2.24) is 15.1 Å². The molecule has 0 saturated carbocycles. The normalized spacial score (nSPS) is 11.9. The van der Waals surface area contributed by atoms with Gasteiger partial charge >= 0.3 is 0 Å². The van der Waals surface area contributed by atoms with Crippen molar-refractivity contribution in [2.24, 2.45) is 0 Å². The van der Waals surface area contributed by atoms with Crippen LogP contribution in [-0.2, 0) is 4.79 Å². The van der Waals surface area contributed by atoms with Crippen LogP contribution in [0.5, 0.6) is 0 Å². The van der Waals surface area contributed by atoms with Gasteiger partial charge in [0.1, 0.15) is 11.6 Å². The lowest BCUT2D eigenvalue weighted by Gasteiger charge is -2.14. The number of Topliss-reactive ketones (excluding diaryl/α,β-unsaturated/α-hetero) is 1. The molecule has 0 aliphatic carbocycles. The van der Waals surface area contributed by atoms with Crippen LogP contribution in [0.1, 0.15) is 40.3 Å². The topological polar surface area (TPSA) is 64.0 Å². The van der Waals surface area contributed by atoms with Crippen molar-refractivity contribution in [3.63, 3.8) is 0 Å². The fraction of sp³-hybridized carbons (Fsp3) is 0.190. The summed E-state index contributed by atoms with van der Waals surface area (Å²) in [6.45, 7) is 4.88. The predicted octanol–water partition coefficient (Wildman–Crippen LogP) is 3.83. The number of carbonyl (C=O) groups is 2. The van der Waals surface area contributed by atoms with Gasteiger partial charge in [0.25, 0.3) is 11.7 Å². The lowest BCUT2D eigenvalue weighted by Crippen LogP contribution is -2.34. The largest absolute Gasteiger partial charge is 0.343 e. The minimum Gasteiger partial charge on any atom is -0.343 e. The van der Waals surface area contributed by atoms with E-state index in [0.717, 1.165) is 17.8 Å². The first-order chi connectivity index (χ1) is 13.3. The fourth-order valence-corrected chi connectivity index (χ4v) is 3.10. The molecular weight excluding hydrogens is 364 g/mol. The second kappa shape index (κ2) is 7.72. The van der Waals surface area contributed by atoms with Crippen LogP contribution in [-0.4, -0.2) is 21.5 Å². The summed E-state index contributed by atoms with van der Waals surface area (Å²) in [4.78, 5) is 25.2. The lowest BCUT2D eigenvalue weighted by molar-refractivity contribution is -0.117. The molecule has 1 amide bonds. The van der Waals surface area contributed by atoms with E-state index < -0.39 is 29.4 Å². The van der Waals surface area contributed by atoms with E-state index in [1.807, 2.05) is 30.3 Å². The number of ketones is 1. The van der Waals surface area contributed by atoms with E-state index in [1.165, 1.54) is 13.0 Å². The zero-order valence-corrected chi connectivity index (χ0v) is 15.7. The van der Waals surface area contributed by atoms with Crippen molar-refractivity contribution in [2.45, 2.75) is 26.8 Å². The molecule has 0 aliphatic heterocycles. The molecule has 1 aromatic heterocycles. The van der Waals surface area contributed by atoms with Crippen molar-refractivity contribution in [3.8, 4) is 5.69 Å². The van der Waals surface area contributed by atoms with Gasteiger partial charge in [0.2, 0.25) is 0 Å². The van der Waals surface area contributed by atoms with E-state index in [0.29, 0.717) is 11.4 Å².